The number of aliphatic hydroxyl groups excluding tert-OH is 2. The van der Waals surface area contributed by atoms with E-state index in [0.717, 1.165) is 0 Å². The van der Waals surface area contributed by atoms with E-state index in [0.29, 0.717) is 0 Å². The lowest BCUT2D eigenvalue weighted by Gasteiger charge is -2.35. The van der Waals surface area contributed by atoms with Crippen LogP contribution in [0.25, 0.3) is 0 Å². The minimum atomic E-state index is -2.20. The highest BCUT2D eigenvalue weighted by atomic mass is 16.5. The van der Waals surface area contributed by atoms with E-state index in [2.05, 4.69) is 5.32 Å². The van der Waals surface area contributed by atoms with E-state index in [1.807, 2.05) is 0 Å². The predicted octanol–water partition coefficient (Wildman–Crippen LogP) is -3.01. The van der Waals surface area contributed by atoms with Crippen LogP contribution in [0, 0.1) is 0 Å². The molecule has 5 heteroatoms. The lowest BCUT2D eigenvalue weighted by atomic mass is 10.0. The molecule has 0 unspecified atom stereocenters. The van der Waals surface area contributed by atoms with Crippen molar-refractivity contribution < 1.29 is 20.4 Å². The molecule has 10 heavy (non-hydrogen) atoms. The SMILES string of the molecule is O[C@@H]1CNCC(O)(O)[C@@H]1O. The van der Waals surface area contributed by atoms with Gasteiger partial charge < -0.3 is 25.7 Å². The summed E-state index contributed by atoms with van der Waals surface area (Å²) >= 11 is 0. The smallest absolute Gasteiger partial charge is 0.205 e. The first kappa shape index (κ1) is 7.90. The minimum Gasteiger partial charge on any atom is -0.389 e. The molecule has 0 aliphatic carbocycles. The van der Waals surface area contributed by atoms with Crippen molar-refractivity contribution in [2.24, 2.45) is 0 Å². The molecule has 2 atom stereocenters. The van der Waals surface area contributed by atoms with Crippen molar-refractivity contribution >= 4 is 0 Å². The van der Waals surface area contributed by atoms with Crippen LogP contribution in [0.2, 0.25) is 0 Å². The molecule has 1 rings (SSSR count). The summed E-state index contributed by atoms with van der Waals surface area (Å²) in [4.78, 5) is 0. The first-order chi connectivity index (χ1) is 4.54. The number of β-amino-alcohol motifs (C(OH)–C–C–N with tert-alkyl or cyclic N) is 3. The number of nitrogens with one attached hydrogen (secondary N) is 1. The highest BCUT2D eigenvalue weighted by Gasteiger charge is 2.41. The largest absolute Gasteiger partial charge is 0.389 e. The van der Waals surface area contributed by atoms with E-state index in [-0.39, 0.29) is 13.1 Å². The van der Waals surface area contributed by atoms with Gasteiger partial charge in [-0.1, -0.05) is 0 Å². The van der Waals surface area contributed by atoms with Crippen LogP contribution in [0.5, 0.6) is 0 Å². The summed E-state index contributed by atoms with van der Waals surface area (Å²) in [5, 5.41) is 38.1. The van der Waals surface area contributed by atoms with Crippen molar-refractivity contribution in [1.82, 2.24) is 5.32 Å². The number of hydrogen-bond donors (Lipinski definition) is 5. The second-order valence-corrected chi connectivity index (χ2v) is 2.52. The molecule has 1 fully saturated rings. The normalized spacial score (nSPS) is 39.6. The average molecular weight is 149 g/mol. The Hall–Kier alpha value is -0.200. The molecule has 60 valence electrons. The van der Waals surface area contributed by atoms with E-state index in [9.17, 15) is 0 Å². The lowest BCUT2D eigenvalue weighted by molar-refractivity contribution is -0.255. The summed E-state index contributed by atoms with van der Waals surface area (Å²) in [6, 6.07) is 0. The Morgan fingerprint density at radius 1 is 1.30 bits per heavy atom. The summed E-state index contributed by atoms with van der Waals surface area (Å²) < 4.78 is 0. The number of rotatable bonds is 0. The van der Waals surface area contributed by atoms with Crippen molar-refractivity contribution in [1.29, 1.82) is 0 Å². The Labute approximate surface area is 57.9 Å². The van der Waals surface area contributed by atoms with Crippen LogP contribution in [-0.4, -0.2) is 51.5 Å². The topological polar surface area (TPSA) is 93.0 Å². The van der Waals surface area contributed by atoms with Crippen molar-refractivity contribution in [3.05, 3.63) is 0 Å². The molecular weight excluding hydrogens is 138 g/mol. The van der Waals surface area contributed by atoms with Crippen molar-refractivity contribution in [2.45, 2.75) is 18.0 Å². The van der Waals surface area contributed by atoms with Gasteiger partial charge in [0.1, 0.15) is 6.10 Å². The average Bonchev–Trinajstić information content (AvgIpc) is 1.83. The van der Waals surface area contributed by atoms with Gasteiger partial charge in [0, 0.05) is 6.54 Å². The molecule has 1 heterocycles. The first-order valence-electron chi connectivity index (χ1n) is 3.05. The fourth-order valence-electron chi connectivity index (χ4n) is 0.928. The van der Waals surface area contributed by atoms with E-state index in [4.69, 9.17) is 20.4 Å². The van der Waals surface area contributed by atoms with Gasteiger partial charge in [-0.05, 0) is 0 Å². The molecule has 0 saturated carbocycles. The molecule has 0 aromatic rings. The standard InChI is InChI=1S/C5H11NO4/c7-3-1-6-2-5(9,10)4(3)8/h3-4,6-10H,1-2H2/t3-,4-/m1/s1. The van der Waals surface area contributed by atoms with Crippen LogP contribution in [-0.2, 0) is 0 Å². The molecule has 1 aliphatic heterocycles. The van der Waals surface area contributed by atoms with Gasteiger partial charge in [-0.15, -0.1) is 0 Å². The summed E-state index contributed by atoms with van der Waals surface area (Å²) in [6.07, 6.45) is -2.59. The van der Waals surface area contributed by atoms with E-state index in [1.54, 1.807) is 0 Å². The van der Waals surface area contributed by atoms with Gasteiger partial charge in [-0.2, -0.15) is 0 Å². The molecule has 0 aromatic carbocycles. The second kappa shape index (κ2) is 2.44. The van der Waals surface area contributed by atoms with Crippen LogP contribution in [0.1, 0.15) is 0 Å². The predicted molar refractivity (Wildman–Crippen MR) is 32.1 cm³/mol. The lowest BCUT2D eigenvalue weighted by Crippen LogP contribution is -2.62. The zero-order valence-electron chi connectivity index (χ0n) is 5.36. The number of aliphatic hydroxyl groups is 4. The second-order valence-electron chi connectivity index (χ2n) is 2.52. The van der Waals surface area contributed by atoms with Crippen LogP contribution >= 0.6 is 0 Å². The van der Waals surface area contributed by atoms with E-state index >= 15 is 0 Å². The fraction of sp³-hybridized carbons (Fsp3) is 1.00. The number of piperidine rings is 1. The first-order valence-corrected chi connectivity index (χ1v) is 3.05. The Morgan fingerprint density at radius 2 is 1.90 bits per heavy atom. The minimum absolute atomic E-state index is 0.120. The number of hydrogen-bond acceptors (Lipinski definition) is 5. The molecule has 1 aliphatic rings. The Morgan fingerprint density at radius 3 is 2.30 bits per heavy atom. The maximum atomic E-state index is 8.92. The summed E-state index contributed by atoms with van der Waals surface area (Å²) in [5.41, 5.74) is 0. The van der Waals surface area contributed by atoms with Crippen molar-refractivity contribution in [3.63, 3.8) is 0 Å². The quantitative estimate of drug-likeness (QED) is 0.237. The zero-order chi connectivity index (χ0) is 7.78. The fourth-order valence-corrected chi connectivity index (χ4v) is 0.928. The van der Waals surface area contributed by atoms with Gasteiger partial charge in [0.2, 0.25) is 5.79 Å². The van der Waals surface area contributed by atoms with E-state index in [1.165, 1.54) is 0 Å². The zero-order valence-corrected chi connectivity index (χ0v) is 5.36. The Kier molecular flexibility index (Phi) is 1.93. The van der Waals surface area contributed by atoms with Crippen molar-refractivity contribution in [3.8, 4) is 0 Å². The highest BCUT2D eigenvalue weighted by Crippen LogP contribution is 2.12. The molecule has 0 radical (unpaired) electrons. The third-order valence-corrected chi connectivity index (χ3v) is 1.58. The van der Waals surface area contributed by atoms with Crippen LogP contribution < -0.4 is 5.32 Å². The molecule has 0 spiro atoms. The molecule has 5 nitrogen and oxygen atoms in total. The van der Waals surface area contributed by atoms with Crippen molar-refractivity contribution in [2.75, 3.05) is 13.1 Å². The summed E-state index contributed by atoms with van der Waals surface area (Å²) in [6.45, 7) is 0.0647. The third kappa shape index (κ3) is 1.28. The van der Waals surface area contributed by atoms with Gasteiger partial charge in [0.25, 0.3) is 0 Å². The van der Waals surface area contributed by atoms with Gasteiger partial charge in [-0.3, -0.25) is 0 Å². The molecule has 1 saturated heterocycles. The van der Waals surface area contributed by atoms with Gasteiger partial charge in [0.05, 0.1) is 12.6 Å². The summed E-state index contributed by atoms with van der Waals surface area (Å²) in [7, 11) is 0. The molecule has 0 bridgehead atoms. The maximum Gasteiger partial charge on any atom is 0.205 e. The van der Waals surface area contributed by atoms with Crippen LogP contribution in [0.4, 0.5) is 0 Å². The maximum absolute atomic E-state index is 8.92. The summed E-state index contributed by atoms with van der Waals surface area (Å²) in [5.74, 6) is -2.20. The molecule has 5 N–H and O–H groups in total. The van der Waals surface area contributed by atoms with Gasteiger partial charge in [0.15, 0.2) is 0 Å². The van der Waals surface area contributed by atoms with Crippen LogP contribution in [0.15, 0.2) is 0 Å². The van der Waals surface area contributed by atoms with Crippen LogP contribution in [0.3, 0.4) is 0 Å². The third-order valence-electron chi connectivity index (χ3n) is 1.58. The molecular formula is C5H11NO4. The van der Waals surface area contributed by atoms with Gasteiger partial charge >= 0.3 is 0 Å². The Balaban J connectivity index is 2.60. The van der Waals surface area contributed by atoms with Gasteiger partial charge in [-0.25, -0.2) is 0 Å². The monoisotopic (exact) mass is 149 g/mol. The molecule has 0 aromatic heterocycles. The molecule has 0 amide bonds. The highest BCUT2D eigenvalue weighted by molar-refractivity contribution is 4.89. The Bertz CT molecular complexity index is 127. The van der Waals surface area contributed by atoms with E-state index < -0.39 is 18.0 Å².